The maximum absolute atomic E-state index is 12.9. The fourth-order valence-electron chi connectivity index (χ4n) is 10.7. The lowest BCUT2D eigenvalue weighted by Crippen LogP contribution is -2.43. The fraction of sp³-hybridized carbons (Fsp3) is 0.932. The van der Waals surface area contributed by atoms with Crippen LogP contribution in [-0.4, -0.2) is 187 Å². The Bertz CT molecular complexity index is 3280. The number of esters is 2. The van der Waals surface area contributed by atoms with E-state index in [1.807, 2.05) is 131 Å². The maximum atomic E-state index is 12.9. The van der Waals surface area contributed by atoms with Gasteiger partial charge in [-0.3, -0.25) is 38.4 Å². The molecule has 141 heavy (non-hydrogen) atoms. The number of rotatable bonds is 46. The molecule has 0 aromatic heterocycles. The number of amides is 1. The molecule has 0 fully saturated rings. The predicted octanol–water partition coefficient (Wildman–Crippen LogP) is 36.2. The molecule has 23 heteroatoms. The summed E-state index contributed by atoms with van der Waals surface area (Å²) in [6.45, 7) is 118. The van der Waals surface area contributed by atoms with E-state index in [1.54, 1.807) is 0 Å². The highest BCUT2D eigenvalue weighted by atomic mass is 32.2. The fourth-order valence-corrected chi connectivity index (χ4v) is 20.0. The van der Waals surface area contributed by atoms with Crippen molar-refractivity contribution in [3.8, 4) is 0 Å². The lowest BCUT2D eigenvalue weighted by atomic mass is 9.87. The highest BCUT2D eigenvalue weighted by Crippen LogP contribution is 2.40. The van der Waals surface area contributed by atoms with Gasteiger partial charge in [-0.2, -0.15) is 107 Å². The number of nitrogens with one attached hydrogen (secondary N) is 1. The standard InChI is InChI=1S/C17H35NOS.C16H32OS.2C15H30OS.C14H26F3NOS.C14H28O2S.C14H28OS.C13H26O2S/c1-16(2,3)10-9-14(19)11-15(12-18(7)8)20-13-17(4,5)6;1-14(2,3)10-9-13(17)11-16(7,8)18-12-15(4,5)6;1-13(2,3)9-12(16)10-15(7,8)17-11-14(4,5)6;1-12(17-11-15(5,6)7)10-13(16)8-9-14(2,3)4;1-12(2,3)8-18-11(19)10(14(15,16)17)7-20-9-13(4,5)6;1-11(14(5,6)7)16-12(15)8-9-17-10-13(2,3)4;1-13(2,3)9-7-12(15)8-10-16-11-14(4,5)6;1-12(2,3)9-15-11(14)7-8-16-10-13(4,5)6/h15H,9-13H2,1-8H3;9-12H2,1-8H3;9-11H2,1-8H3;12H,8-11H2,1-7H3;10H,7-9H2,1-6H3,(H,18,19);11H,8-10H2,1-7H3;7-11H2,1-6H3;7-10H2,1-6H3. The molecule has 0 aromatic rings. The second-order valence-corrected chi connectivity index (χ2v) is 70.8. The van der Waals surface area contributed by atoms with Gasteiger partial charge in [-0.1, -0.05) is 367 Å². The number of halogens is 3. The second-order valence-electron chi connectivity index (χ2n) is 60.3. The van der Waals surface area contributed by atoms with Gasteiger partial charge < -0.3 is 19.7 Å². The molecule has 1 N–H and O–H groups in total. The Labute approximate surface area is 909 Å². The van der Waals surface area contributed by atoms with E-state index in [9.17, 15) is 51.5 Å². The summed E-state index contributed by atoms with van der Waals surface area (Å²) < 4.78 is 49.5. The number of hydrogen-bond acceptors (Lipinski definition) is 19. The maximum Gasteiger partial charge on any atom is 0.401 e. The molecule has 4 atom stereocenters. The minimum absolute atomic E-state index is 0.0220. The number of ether oxygens (including phenoxy) is 2. The van der Waals surface area contributed by atoms with Crippen LogP contribution in [0.3, 0.4) is 0 Å². The SMILES string of the molecule is CC(C)(C)CCC(=O)CC(C)(C)SCC(C)(C)C.CC(C)(C)CCC(=O)CCSCC(C)(C)C.CC(C)(C)CNC(=O)C(CSCC(C)(C)C)C(F)(F)F.CC(C)(C)COC(=O)CCSCC(C)(C)C.CC(C)(C)CSC(C)(C)CC(=O)CC(C)(C)C.CC(CC(=O)CCC(C)(C)C)SCC(C)(C)C.CC(OC(=O)CCSCC(C)(C)C)C(C)(C)C.CN(C)CC(CC(=O)CCC(C)(C)C)SCC(C)(C)C. The molecule has 0 aliphatic heterocycles. The van der Waals surface area contributed by atoms with E-state index < -0.39 is 18.0 Å². The number of Topliss-reactive ketones (excluding diaryl/α,β-unsaturated/α-hetero) is 5. The molecule has 0 aliphatic rings. The lowest BCUT2D eigenvalue weighted by molar-refractivity contribution is -0.178. The third kappa shape index (κ3) is 135. The van der Waals surface area contributed by atoms with E-state index in [2.05, 4.69) is 350 Å². The van der Waals surface area contributed by atoms with Crippen LogP contribution in [0.1, 0.15) is 477 Å². The van der Waals surface area contributed by atoms with Gasteiger partial charge >= 0.3 is 18.1 Å². The van der Waals surface area contributed by atoms with Crippen LogP contribution in [0.2, 0.25) is 0 Å². The predicted molar refractivity (Wildman–Crippen MR) is 638 cm³/mol. The van der Waals surface area contributed by atoms with Gasteiger partial charge in [0.1, 0.15) is 40.9 Å². The molecule has 4 unspecified atom stereocenters. The summed E-state index contributed by atoms with van der Waals surface area (Å²) in [4.78, 5) is 96.5. The largest absolute Gasteiger partial charge is 0.465 e. The van der Waals surface area contributed by atoms with Crippen molar-refractivity contribution in [1.82, 2.24) is 10.2 Å². The molecule has 0 saturated carbocycles. The first-order valence-electron chi connectivity index (χ1n) is 52.7. The lowest BCUT2D eigenvalue weighted by Gasteiger charge is -2.29. The molecule has 0 aromatic carbocycles. The van der Waals surface area contributed by atoms with Crippen molar-refractivity contribution in [1.29, 1.82) is 0 Å². The first kappa shape index (κ1) is 156. The van der Waals surface area contributed by atoms with Crippen molar-refractivity contribution in [2.75, 3.05) is 103 Å². The van der Waals surface area contributed by atoms with E-state index in [1.165, 1.54) is 11.8 Å². The molecule has 0 saturated heterocycles. The number of nitrogens with zero attached hydrogens (tertiary/aromatic N) is 1. The van der Waals surface area contributed by atoms with Gasteiger partial charge in [0, 0.05) is 120 Å². The Balaban J connectivity index is -0.000000239. The molecule has 0 rings (SSSR count). The molecule has 0 spiro atoms. The molecule has 0 heterocycles. The number of ketones is 5. The van der Waals surface area contributed by atoms with Crippen molar-refractivity contribution < 1.29 is 61.0 Å². The number of hydrogen-bond donors (Lipinski definition) is 1. The van der Waals surface area contributed by atoms with Gasteiger partial charge in [-0.25, -0.2) is 0 Å². The van der Waals surface area contributed by atoms with Crippen LogP contribution >= 0.6 is 94.1 Å². The van der Waals surface area contributed by atoms with E-state index in [0.717, 1.165) is 135 Å². The number of alkyl halides is 3. The molecular formula is C118H235F3N2O10S8. The van der Waals surface area contributed by atoms with E-state index in [0.29, 0.717) is 122 Å². The molecule has 0 bridgehead atoms. The molecule has 12 nitrogen and oxygen atoms in total. The zero-order valence-electron chi connectivity index (χ0n) is 103. The van der Waals surface area contributed by atoms with Crippen molar-refractivity contribution in [3.63, 3.8) is 0 Å². The van der Waals surface area contributed by atoms with Crippen LogP contribution in [0, 0.1) is 92.6 Å². The quantitative estimate of drug-likeness (QED) is 0.0450. The van der Waals surface area contributed by atoms with E-state index >= 15 is 0 Å². The Hall–Kier alpha value is -0.690. The van der Waals surface area contributed by atoms with Gasteiger partial charge in [0.05, 0.1) is 19.4 Å². The average molecular weight is 2160 g/mol. The van der Waals surface area contributed by atoms with E-state index in [-0.39, 0.29) is 88.6 Å². The highest BCUT2D eigenvalue weighted by Gasteiger charge is 2.45. The molecule has 846 valence electrons. The summed E-state index contributed by atoms with van der Waals surface area (Å²) in [5.41, 5.74) is 3.36. The van der Waals surface area contributed by atoms with Crippen molar-refractivity contribution >= 4 is 141 Å². The van der Waals surface area contributed by atoms with Gasteiger partial charge in [0.2, 0.25) is 5.91 Å². The van der Waals surface area contributed by atoms with Gasteiger partial charge in [0.15, 0.2) is 0 Å². The third-order valence-corrected chi connectivity index (χ3v) is 32.8. The first-order chi connectivity index (χ1) is 61.9. The van der Waals surface area contributed by atoms with Crippen LogP contribution in [-0.2, 0) is 47.8 Å². The van der Waals surface area contributed by atoms with Crippen LogP contribution in [0.25, 0.3) is 0 Å². The van der Waals surface area contributed by atoms with Crippen LogP contribution in [0.5, 0.6) is 0 Å². The Kier molecular flexibility index (Phi) is 77.9. The first-order valence-corrected chi connectivity index (χ1v) is 61.4. The van der Waals surface area contributed by atoms with Crippen LogP contribution < -0.4 is 5.32 Å². The van der Waals surface area contributed by atoms with Gasteiger partial charge in [0.25, 0.3) is 0 Å². The van der Waals surface area contributed by atoms with E-state index in [4.69, 9.17) is 9.47 Å². The highest BCUT2D eigenvalue weighted by molar-refractivity contribution is 8.01. The number of carbonyl (C=O) groups is 8. The normalized spacial score (nSPS) is 14.1. The van der Waals surface area contributed by atoms with Crippen LogP contribution in [0.4, 0.5) is 13.2 Å². The number of carbonyl (C=O) groups excluding carboxylic acids is 8. The van der Waals surface area contributed by atoms with Crippen molar-refractivity contribution in [3.05, 3.63) is 0 Å². The minimum Gasteiger partial charge on any atom is -0.465 e. The summed E-state index contributed by atoms with van der Waals surface area (Å²) in [7, 11) is 4.18. The minimum atomic E-state index is -4.49. The van der Waals surface area contributed by atoms with Gasteiger partial charge in [-0.05, 0) is 179 Å². The van der Waals surface area contributed by atoms with Crippen molar-refractivity contribution in [2.24, 2.45) is 92.6 Å². The molecular weight excluding hydrogens is 1920 g/mol. The Morgan fingerprint density at radius 2 is 0.624 bits per heavy atom. The summed E-state index contributed by atoms with van der Waals surface area (Å²) >= 11 is 14.4. The Morgan fingerprint density at radius 3 is 0.936 bits per heavy atom. The third-order valence-electron chi connectivity index (χ3n) is 19.0. The molecule has 1 amide bonds. The summed E-state index contributed by atoms with van der Waals surface area (Å²) in [5, 5.41) is 3.29. The number of thioether (sulfide) groups is 8. The summed E-state index contributed by atoms with van der Waals surface area (Å²) in [6, 6.07) is 0. The van der Waals surface area contributed by atoms with Gasteiger partial charge in [-0.15, -0.1) is 0 Å². The van der Waals surface area contributed by atoms with Crippen LogP contribution in [0.15, 0.2) is 0 Å². The average Bonchev–Trinajstić information content (AvgIpc) is 0.855. The zero-order valence-corrected chi connectivity index (χ0v) is 110. The smallest absolute Gasteiger partial charge is 0.401 e. The molecule has 0 aliphatic carbocycles. The van der Waals surface area contributed by atoms with Crippen molar-refractivity contribution in [2.45, 2.75) is 509 Å². The second kappa shape index (κ2) is 70.6. The Morgan fingerprint density at radius 1 is 0.312 bits per heavy atom. The summed E-state index contributed by atoms with van der Waals surface area (Å²) in [6.07, 6.45) is 7.72. The zero-order chi connectivity index (χ0) is 114. The monoisotopic (exact) mass is 2150 g/mol. The summed E-state index contributed by atoms with van der Waals surface area (Å²) in [5.74, 6) is 9.88. The topological polar surface area (TPSA) is 170 Å². The molecule has 0 radical (unpaired) electrons.